The Kier molecular flexibility index (Phi) is 8.77. The second-order valence-electron chi connectivity index (χ2n) is 8.81. The summed E-state index contributed by atoms with van der Waals surface area (Å²) in [5.41, 5.74) is 0.0636. The third kappa shape index (κ3) is 6.19. The highest BCUT2D eigenvalue weighted by atomic mass is 19.3. The summed E-state index contributed by atoms with van der Waals surface area (Å²) < 4.78 is 95.2. The van der Waals surface area contributed by atoms with E-state index in [0.717, 1.165) is 50.7 Å². The van der Waals surface area contributed by atoms with Crippen LogP contribution in [-0.2, 0) is 6.42 Å². The minimum atomic E-state index is -3.93. The predicted octanol–water partition coefficient (Wildman–Crippen LogP) is 8.32. The Morgan fingerprint density at radius 1 is 0.824 bits per heavy atom. The van der Waals surface area contributed by atoms with Crippen molar-refractivity contribution in [1.29, 1.82) is 0 Å². The molecule has 0 aromatic heterocycles. The molecule has 0 atom stereocenters. The van der Waals surface area contributed by atoms with Gasteiger partial charge in [0.05, 0.1) is 13.0 Å². The van der Waals surface area contributed by atoms with Crippen molar-refractivity contribution in [2.24, 2.45) is 5.92 Å². The lowest BCUT2D eigenvalue weighted by Gasteiger charge is -2.29. The molecule has 1 fully saturated rings. The summed E-state index contributed by atoms with van der Waals surface area (Å²) in [6.45, 7) is 3.75. The summed E-state index contributed by atoms with van der Waals surface area (Å²) in [5.74, 6) is -6.09. The van der Waals surface area contributed by atoms with Gasteiger partial charge in [0.2, 0.25) is 11.6 Å². The minimum absolute atomic E-state index is 0.0633. The third-order valence-electron chi connectivity index (χ3n) is 6.43. The Bertz CT molecular complexity index is 970. The monoisotopic (exact) mass is 488 g/mol. The fraction of sp³-hybridized carbons (Fsp3) is 0.538. The summed E-state index contributed by atoms with van der Waals surface area (Å²) in [6.07, 6.45) is 0.195. The van der Waals surface area contributed by atoms with Gasteiger partial charge in [-0.2, -0.15) is 17.6 Å². The van der Waals surface area contributed by atoms with E-state index in [-0.39, 0.29) is 23.7 Å². The molecule has 1 saturated carbocycles. The van der Waals surface area contributed by atoms with Gasteiger partial charge in [-0.25, -0.2) is 8.78 Å². The zero-order valence-corrected chi connectivity index (χ0v) is 19.4. The van der Waals surface area contributed by atoms with Crippen molar-refractivity contribution in [1.82, 2.24) is 0 Å². The minimum Gasteiger partial charge on any atom is -0.491 e. The van der Waals surface area contributed by atoms with E-state index in [1.807, 2.05) is 0 Å². The van der Waals surface area contributed by atoms with Crippen molar-refractivity contribution in [2.45, 2.75) is 77.2 Å². The summed E-state index contributed by atoms with van der Waals surface area (Å²) in [7, 11) is 0. The number of aryl methyl sites for hydroxylation is 1. The number of alkyl halides is 2. The van der Waals surface area contributed by atoms with Crippen LogP contribution >= 0.6 is 0 Å². The summed E-state index contributed by atoms with van der Waals surface area (Å²) in [4.78, 5) is 0. The lowest BCUT2D eigenvalue weighted by atomic mass is 9.77. The molecule has 2 aromatic carbocycles. The molecule has 8 heteroatoms. The Morgan fingerprint density at radius 3 is 2.12 bits per heavy atom. The van der Waals surface area contributed by atoms with Crippen LogP contribution in [0.2, 0.25) is 0 Å². The lowest BCUT2D eigenvalue weighted by molar-refractivity contribution is -0.181. The van der Waals surface area contributed by atoms with Crippen LogP contribution in [0, 0.1) is 29.2 Å². The molecular weight excluding hydrogens is 458 g/mol. The van der Waals surface area contributed by atoms with Crippen LogP contribution < -0.4 is 9.47 Å². The maximum absolute atomic E-state index is 14.8. The van der Waals surface area contributed by atoms with Crippen LogP contribution in [0.3, 0.4) is 0 Å². The van der Waals surface area contributed by atoms with E-state index in [1.54, 1.807) is 6.92 Å². The van der Waals surface area contributed by atoms with Crippen molar-refractivity contribution >= 4 is 0 Å². The van der Waals surface area contributed by atoms with Gasteiger partial charge in [0.1, 0.15) is 0 Å². The number of halogens is 6. The number of hydrogen-bond donors (Lipinski definition) is 0. The van der Waals surface area contributed by atoms with E-state index in [2.05, 4.69) is 11.7 Å². The average Bonchev–Trinajstić information content (AvgIpc) is 2.81. The molecule has 0 heterocycles. The van der Waals surface area contributed by atoms with Gasteiger partial charge in [-0.05, 0) is 74.1 Å². The summed E-state index contributed by atoms with van der Waals surface area (Å²) in [5, 5.41) is 0. The number of hydrogen-bond acceptors (Lipinski definition) is 2. The van der Waals surface area contributed by atoms with E-state index in [4.69, 9.17) is 4.74 Å². The van der Waals surface area contributed by atoms with Crippen molar-refractivity contribution in [2.75, 3.05) is 6.61 Å². The van der Waals surface area contributed by atoms with Crippen LogP contribution in [-0.4, -0.2) is 12.7 Å². The van der Waals surface area contributed by atoms with Crippen LogP contribution in [0.4, 0.5) is 26.3 Å². The molecule has 188 valence electrons. The summed E-state index contributed by atoms with van der Waals surface area (Å²) >= 11 is 0. The Labute approximate surface area is 196 Å². The van der Waals surface area contributed by atoms with Crippen molar-refractivity contribution in [3.05, 3.63) is 58.7 Å². The van der Waals surface area contributed by atoms with Crippen molar-refractivity contribution in [3.63, 3.8) is 0 Å². The first-order chi connectivity index (χ1) is 16.2. The molecule has 1 aliphatic rings. The largest absolute Gasteiger partial charge is 0.491 e. The van der Waals surface area contributed by atoms with Gasteiger partial charge in [0.25, 0.3) is 0 Å². The van der Waals surface area contributed by atoms with E-state index < -0.39 is 53.7 Å². The lowest BCUT2D eigenvalue weighted by Crippen LogP contribution is -2.26. The van der Waals surface area contributed by atoms with Gasteiger partial charge in [-0.3, -0.25) is 0 Å². The standard InChI is InChI=1S/C26H30F6O2/c1-3-5-16-6-8-17(9-7-16)19-11-10-18(22(27)23(19)28)14-15-26(31,32)34-21-13-12-20(33-4-2)24(29)25(21)30/h10-13,16-17H,3-9,14-15H2,1-2H3. The summed E-state index contributed by atoms with van der Waals surface area (Å²) in [6, 6.07) is 4.61. The van der Waals surface area contributed by atoms with Crippen LogP contribution in [0.25, 0.3) is 0 Å². The predicted molar refractivity (Wildman–Crippen MR) is 117 cm³/mol. The molecule has 34 heavy (non-hydrogen) atoms. The molecule has 1 aliphatic carbocycles. The molecule has 0 bridgehead atoms. The van der Waals surface area contributed by atoms with Crippen molar-refractivity contribution in [3.8, 4) is 11.5 Å². The molecule has 0 N–H and O–H groups in total. The smallest absolute Gasteiger partial charge is 0.398 e. The highest BCUT2D eigenvalue weighted by molar-refractivity contribution is 5.35. The zero-order valence-electron chi connectivity index (χ0n) is 19.4. The van der Waals surface area contributed by atoms with Crippen LogP contribution in [0.5, 0.6) is 11.5 Å². The van der Waals surface area contributed by atoms with Crippen molar-refractivity contribution < 1.29 is 35.8 Å². The number of benzene rings is 2. The maximum Gasteiger partial charge on any atom is 0.398 e. The van der Waals surface area contributed by atoms with Gasteiger partial charge in [-0.15, -0.1) is 0 Å². The van der Waals surface area contributed by atoms with Gasteiger partial charge in [0.15, 0.2) is 23.1 Å². The third-order valence-corrected chi connectivity index (χ3v) is 6.43. The molecule has 0 unspecified atom stereocenters. The van der Waals surface area contributed by atoms with Gasteiger partial charge >= 0.3 is 6.11 Å². The molecule has 2 aromatic rings. The highest BCUT2D eigenvalue weighted by Crippen LogP contribution is 2.39. The molecule has 0 saturated heterocycles. The zero-order chi connectivity index (χ0) is 24.9. The van der Waals surface area contributed by atoms with Gasteiger partial charge < -0.3 is 9.47 Å². The maximum atomic E-state index is 14.8. The van der Waals surface area contributed by atoms with Crippen LogP contribution in [0.15, 0.2) is 24.3 Å². The Morgan fingerprint density at radius 2 is 1.47 bits per heavy atom. The molecule has 0 spiro atoms. The fourth-order valence-electron chi connectivity index (χ4n) is 4.64. The normalized spacial score (nSPS) is 18.7. The molecule has 0 aliphatic heterocycles. The topological polar surface area (TPSA) is 18.5 Å². The molecule has 3 rings (SSSR count). The van der Waals surface area contributed by atoms with Crippen LogP contribution in [0.1, 0.15) is 75.8 Å². The Hall–Kier alpha value is -2.38. The first-order valence-corrected chi connectivity index (χ1v) is 11.8. The number of rotatable bonds is 10. The molecule has 0 amide bonds. The second-order valence-corrected chi connectivity index (χ2v) is 8.81. The SMILES string of the molecule is CCCC1CCC(c2ccc(CCC(F)(F)Oc3ccc(OCC)c(F)c3F)c(F)c2F)CC1. The fourth-order valence-corrected chi connectivity index (χ4v) is 4.64. The average molecular weight is 489 g/mol. The van der Waals surface area contributed by atoms with E-state index in [1.165, 1.54) is 12.1 Å². The van der Waals surface area contributed by atoms with E-state index in [0.29, 0.717) is 5.92 Å². The van der Waals surface area contributed by atoms with Gasteiger partial charge in [0, 0.05) is 0 Å². The quantitative estimate of drug-likeness (QED) is 0.313. The second kappa shape index (κ2) is 11.4. The molecule has 0 radical (unpaired) electrons. The molecular formula is C26H30F6O2. The highest BCUT2D eigenvalue weighted by Gasteiger charge is 2.34. The van der Waals surface area contributed by atoms with Gasteiger partial charge in [-0.1, -0.05) is 31.9 Å². The van der Waals surface area contributed by atoms with E-state index in [9.17, 15) is 26.3 Å². The number of ether oxygens (including phenoxy) is 2. The van der Waals surface area contributed by atoms with E-state index >= 15 is 0 Å². The Balaban J connectivity index is 1.65. The molecule has 2 nitrogen and oxygen atoms in total. The first-order valence-electron chi connectivity index (χ1n) is 11.8. The first kappa shape index (κ1) is 26.2.